The van der Waals surface area contributed by atoms with Crippen molar-refractivity contribution < 1.29 is 19.7 Å². The number of hydrogen-bond acceptors (Lipinski definition) is 4. The van der Waals surface area contributed by atoms with E-state index in [-0.39, 0.29) is 11.5 Å². The summed E-state index contributed by atoms with van der Waals surface area (Å²) in [6.45, 7) is 0. The van der Waals surface area contributed by atoms with Gasteiger partial charge in [-0.1, -0.05) is 18.2 Å². The monoisotopic (exact) mass is 246 g/mol. The van der Waals surface area contributed by atoms with Crippen LogP contribution in [0.25, 0.3) is 11.1 Å². The second kappa shape index (κ2) is 4.87. The van der Waals surface area contributed by atoms with Crippen molar-refractivity contribution in [2.24, 2.45) is 0 Å². The van der Waals surface area contributed by atoms with Gasteiger partial charge in [0, 0.05) is 17.7 Å². The number of methoxy groups -OCH3 is 2. The predicted molar refractivity (Wildman–Crippen MR) is 68.3 cm³/mol. The van der Waals surface area contributed by atoms with Crippen LogP contribution in [0.2, 0.25) is 0 Å². The molecular formula is C14H14O4. The SMILES string of the molecule is COc1cc(O)cc(OC)c1-c1ccccc1O. The number of phenols is 2. The van der Waals surface area contributed by atoms with E-state index in [9.17, 15) is 10.2 Å². The first-order chi connectivity index (χ1) is 8.67. The molecule has 94 valence electrons. The molecular weight excluding hydrogens is 232 g/mol. The molecule has 0 aromatic heterocycles. The Labute approximate surface area is 105 Å². The zero-order valence-electron chi connectivity index (χ0n) is 10.2. The minimum atomic E-state index is 0.0443. The molecule has 2 aromatic rings. The Bertz CT molecular complexity index is 538. The molecule has 0 spiro atoms. The van der Waals surface area contributed by atoms with Gasteiger partial charge in [-0.25, -0.2) is 0 Å². The van der Waals surface area contributed by atoms with Gasteiger partial charge in [-0.15, -0.1) is 0 Å². The normalized spacial score (nSPS) is 10.1. The van der Waals surface area contributed by atoms with Crippen LogP contribution in [-0.4, -0.2) is 24.4 Å². The van der Waals surface area contributed by atoms with Crippen LogP contribution >= 0.6 is 0 Å². The second-order valence-electron chi connectivity index (χ2n) is 3.74. The largest absolute Gasteiger partial charge is 0.508 e. The zero-order valence-corrected chi connectivity index (χ0v) is 10.2. The van der Waals surface area contributed by atoms with Crippen molar-refractivity contribution >= 4 is 0 Å². The quantitative estimate of drug-likeness (QED) is 0.874. The van der Waals surface area contributed by atoms with Crippen LogP contribution in [0.4, 0.5) is 0 Å². The molecule has 0 unspecified atom stereocenters. The van der Waals surface area contributed by atoms with E-state index < -0.39 is 0 Å². The highest BCUT2D eigenvalue weighted by atomic mass is 16.5. The van der Waals surface area contributed by atoms with Crippen LogP contribution in [0.1, 0.15) is 0 Å². The fraction of sp³-hybridized carbons (Fsp3) is 0.143. The molecule has 0 amide bonds. The third kappa shape index (κ3) is 2.05. The van der Waals surface area contributed by atoms with E-state index in [1.54, 1.807) is 24.3 Å². The Kier molecular flexibility index (Phi) is 3.28. The highest BCUT2D eigenvalue weighted by Gasteiger charge is 2.16. The van der Waals surface area contributed by atoms with Crippen LogP contribution in [-0.2, 0) is 0 Å². The van der Waals surface area contributed by atoms with Crippen molar-refractivity contribution in [3.8, 4) is 34.1 Å². The van der Waals surface area contributed by atoms with Crippen LogP contribution in [0.15, 0.2) is 36.4 Å². The van der Waals surface area contributed by atoms with E-state index in [2.05, 4.69) is 0 Å². The molecule has 0 aliphatic carbocycles. The van der Waals surface area contributed by atoms with Gasteiger partial charge in [0.2, 0.25) is 0 Å². The van der Waals surface area contributed by atoms with Gasteiger partial charge in [-0.05, 0) is 6.07 Å². The Morgan fingerprint density at radius 1 is 0.889 bits per heavy atom. The summed E-state index contributed by atoms with van der Waals surface area (Å²) in [4.78, 5) is 0. The smallest absolute Gasteiger partial charge is 0.134 e. The Balaban J connectivity index is 2.73. The van der Waals surface area contributed by atoms with Crippen LogP contribution in [0.5, 0.6) is 23.0 Å². The third-order valence-corrected chi connectivity index (χ3v) is 2.66. The summed E-state index contributed by atoms with van der Waals surface area (Å²) >= 11 is 0. The van der Waals surface area contributed by atoms with E-state index in [1.807, 2.05) is 0 Å². The lowest BCUT2D eigenvalue weighted by Gasteiger charge is -2.14. The molecule has 4 heteroatoms. The lowest BCUT2D eigenvalue weighted by molar-refractivity contribution is 0.387. The first-order valence-electron chi connectivity index (χ1n) is 5.40. The summed E-state index contributed by atoms with van der Waals surface area (Å²) in [5.74, 6) is 1.05. The average molecular weight is 246 g/mol. The molecule has 4 nitrogen and oxygen atoms in total. The summed E-state index contributed by atoms with van der Waals surface area (Å²) in [5.41, 5.74) is 1.20. The predicted octanol–water partition coefficient (Wildman–Crippen LogP) is 2.78. The van der Waals surface area contributed by atoms with Gasteiger partial charge in [-0.3, -0.25) is 0 Å². The minimum Gasteiger partial charge on any atom is -0.508 e. The molecule has 0 radical (unpaired) electrons. The molecule has 0 aliphatic heterocycles. The third-order valence-electron chi connectivity index (χ3n) is 2.66. The fourth-order valence-corrected chi connectivity index (χ4v) is 1.85. The molecule has 0 saturated heterocycles. The van der Waals surface area contributed by atoms with Crippen molar-refractivity contribution in [2.75, 3.05) is 14.2 Å². The number of hydrogen-bond donors (Lipinski definition) is 2. The van der Waals surface area contributed by atoms with Crippen LogP contribution in [0.3, 0.4) is 0 Å². The van der Waals surface area contributed by atoms with Gasteiger partial charge >= 0.3 is 0 Å². The van der Waals surface area contributed by atoms with Crippen molar-refractivity contribution in [1.82, 2.24) is 0 Å². The van der Waals surface area contributed by atoms with Crippen molar-refractivity contribution in [3.05, 3.63) is 36.4 Å². The van der Waals surface area contributed by atoms with Gasteiger partial charge in [0.1, 0.15) is 23.0 Å². The van der Waals surface area contributed by atoms with Crippen molar-refractivity contribution in [2.45, 2.75) is 0 Å². The number of phenolic OH excluding ortho intramolecular Hbond substituents is 2. The van der Waals surface area contributed by atoms with Crippen LogP contribution < -0.4 is 9.47 Å². The molecule has 0 aliphatic rings. The highest BCUT2D eigenvalue weighted by Crippen LogP contribution is 2.44. The van der Waals surface area contributed by atoms with E-state index >= 15 is 0 Å². The highest BCUT2D eigenvalue weighted by molar-refractivity contribution is 5.81. The van der Waals surface area contributed by atoms with Gasteiger partial charge in [0.15, 0.2) is 0 Å². The van der Waals surface area contributed by atoms with Gasteiger partial charge in [0.25, 0.3) is 0 Å². The summed E-state index contributed by atoms with van der Waals surface area (Å²) in [6.07, 6.45) is 0. The van der Waals surface area contributed by atoms with Crippen molar-refractivity contribution in [3.63, 3.8) is 0 Å². The Hall–Kier alpha value is -2.36. The first kappa shape index (κ1) is 12.1. The minimum absolute atomic E-state index is 0.0443. The maximum absolute atomic E-state index is 9.90. The number of ether oxygens (including phenoxy) is 2. The van der Waals surface area contributed by atoms with Crippen molar-refractivity contribution in [1.29, 1.82) is 0 Å². The Morgan fingerprint density at radius 2 is 1.44 bits per heavy atom. The molecule has 0 atom stereocenters. The zero-order chi connectivity index (χ0) is 13.1. The number of aromatic hydroxyl groups is 2. The fourth-order valence-electron chi connectivity index (χ4n) is 1.85. The van der Waals surface area contributed by atoms with Gasteiger partial charge in [-0.2, -0.15) is 0 Å². The average Bonchev–Trinajstić information content (AvgIpc) is 2.38. The molecule has 0 fully saturated rings. The maximum atomic E-state index is 9.90. The standard InChI is InChI=1S/C14H14O4/c1-17-12-7-9(15)8-13(18-2)14(12)10-5-3-4-6-11(10)16/h3-8,15-16H,1-2H3. The topological polar surface area (TPSA) is 58.9 Å². The molecule has 2 N–H and O–H groups in total. The summed E-state index contributed by atoms with van der Waals surface area (Å²) in [6, 6.07) is 9.83. The molecule has 0 bridgehead atoms. The van der Waals surface area contributed by atoms with E-state index in [1.165, 1.54) is 26.4 Å². The van der Waals surface area contributed by atoms with Gasteiger partial charge < -0.3 is 19.7 Å². The number of rotatable bonds is 3. The van der Waals surface area contributed by atoms with E-state index in [0.29, 0.717) is 22.6 Å². The number of benzene rings is 2. The molecule has 0 saturated carbocycles. The molecule has 0 heterocycles. The molecule has 2 aromatic carbocycles. The van der Waals surface area contributed by atoms with Crippen LogP contribution in [0, 0.1) is 0 Å². The molecule has 18 heavy (non-hydrogen) atoms. The Morgan fingerprint density at radius 3 is 1.94 bits per heavy atom. The lowest BCUT2D eigenvalue weighted by Crippen LogP contribution is -1.93. The summed E-state index contributed by atoms with van der Waals surface area (Å²) in [5, 5.41) is 19.5. The summed E-state index contributed by atoms with van der Waals surface area (Å²) < 4.78 is 10.5. The van der Waals surface area contributed by atoms with Gasteiger partial charge in [0.05, 0.1) is 19.8 Å². The van der Waals surface area contributed by atoms with E-state index in [4.69, 9.17) is 9.47 Å². The second-order valence-corrected chi connectivity index (χ2v) is 3.74. The van der Waals surface area contributed by atoms with E-state index in [0.717, 1.165) is 0 Å². The lowest BCUT2D eigenvalue weighted by atomic mass is 10.0. The first-order valence-corrected chi connectivity index (χ1v) is 5.40. The number of para-hydroxylation sites is 1. The summed E-state index contributed by atoms with van der Waals surface area (Å²) in [7, 11) is 3.00. The maximum Gasteiger partial charge on any atom is 0.134 e. The molecule has 2 rings (SSSR count).